The van der Waals surface area contributed by atoms with Crippen LogP contribution in [-0.4, -0.2) is 11.8 Å². The van der Waals surface area contributed by atoms with Crippen molar-refractivity contribution in [1.82, 2.24) is 5.32 Å². The lowest BCUT2D eigenvalue weighted by atomic mass is 10.1. The quantitative estimate of drug-likeness (QED) is 0.907. The second kappa shape index (κ2) is 6.53. The molecule has 0 radical (unpaired) electrons. The molecule has 22 heavy (non-hydrogen) atoms. The summed E-state index contributed by atoms with van der Waals surface area (Å²) in [6.07, 6.45) is 0. The third-order valence-corrected chi connectivity index (χ3v) is 3.27. The molecule has 3 N–H and O–H groups in total. The van der Waals surface area contributed by atoms with Crippen molar-refractivity contribution in [2.24, 2.45) is 5.73 Å². The number of rotatable bonds is 4. The number of amides is 2. The molecule has 0 heterocycles. The number of primary amides is 1. The first-order valence-corrected chi connectivity index (χ1v) is 6.58. The summed E-state index contributed by atoms with van der Waals surface area (Å²) in [5.74, 6) is -2.57. The number of nitrogens with two attached hydrogens (primary N) is 1. The normalized spacial score (nSPS) is 10.3. The smallest absolute Gasteiger partial charge is 0.251 e. The summed E-state index contributed by atoms with van der Waals surface area (Å²) >= 11 is 5.78. The van der Waals surface area contributed by atoms with Crippen molar-refractivity contribution < 1.29 is 18.4 Å². The van der Waals surface area contributed by atoms with Gasteiger partial charge in [-0.15, -0.1) is 0 Å². The van der Waals surface area contributed by atoms with Gasteiger partial charge in [0.25, 0.3) is 5.91 Å². The summed E-state index contributed by atoms with van der Waals surface area (Å²) in [5.41, 5.74) is 5.29. The number of carbonyl (C=O) groups excluding carboxylic acids is 2. The highest BCUT2D eigenvalue weighted by Gasteiger charge is 2.13. The minimum absolute atomic E-state index is 0.00579. The Morgan fingerprint density at radius 2 is 1.86 bits per heavy atom. The standard InChI is InChI=1S/C15H11ClF2N2O2/c16-12-3-1-8(6-11(12)14(19)21)15(22)20-7-9-5-10(17)2-4-13(9)18/h1-6H,7H2,(H2,19,21)(H,20,22). The van der Waals surface area contributed by atoms with Gasteiger partial charge in [-0.05, 0) is 36.4 Å². The van der Waals surface area contributed by atoms with Gasteiger partial charge in [-0.1, -0.05) is 11.6 Å². The summed E-state index contributed by atoms with van der Waals surface area (Å²) < 4.78 is 26.5. The zero-order valence-electron chi connectivity index (χ0n) is 11.2. The van der Waals surface area contributed by atoms with Crippen LogP contribution in [0.3, 0.4) is 0 Å². The molecule has 0 aromatic heterocycles. The third-order valence-electron chi connectivity index (χ3n) is 2.94. The Balaban J connectivity index is 2.14. The van der Waals surface area contributed by atoms with Crippen molar-refractivity contribution in [3.63, 3.8) is 0 Å². The first-order chi connectivity index (χ1) is 10.4. The third kappa shape index (κ3) is 3.59. The molecule has 7 heteroatoms. The summed E-state index contributed by atoms with van der Waals surface area (Å²) in [5, 5.41) is 2.55. The Labute approximate surface area is 129 Å². The highest BCUT2D eigenvalue weighted by atomic mass is 35.5. The van der Waals surface area contributed by atoms with Crippen LogP contribution in [-0.2, 0) is 6.54 Å². The average molecular weight is 325 g/mol. The van der Waals surface area contributed by atoms with Gasteiger partial charge in [-0.2, -0.15) is 0 Å². The Morgan fingerprint density at radius 1 is 1.14 bits per heavy atom. The second-order valence-electron chi connectivity index (χ2n) is 4.48. The number of hydrogen-bond acceptors (Lipinski definition) is 2. The predicted molar refractivity (Wildman–Crippen MR) is 77.5 cm³/mol. The lowest BCUT2D eigenvalue weighted by Gasteiger charge is -2.08. The molecular weight excluding hydrogens is 314 g/mol. The van der Waals surface area contributed by atoms with Gasteiger partial charge in [-0.3, -0.25) is 9.59 Å². The topological polar surface area (TPSA) is 72.2 Å². The van der Waals surface area contributed by atoms with E-state index in [1.807, 2.05) is 0 Å². The molecule has 0 spiro atoms. The van der Waals surface area contributed by atoms with E-state index in [2.05, 4.69) is 5.32 Å². The van der Waals surface area contributed by atoms with Crippen LogP contribution in [0.1, 0.15) is 26.3 Å². The van der Waals surface area contributed by atoms with Crippen LogP contribution in [0.5, 0.6) is 0 Å². The van der Waals surface area contributed by atoms with Crippen molar-refractivity contribution in [2.75, 3.05) is 0 Å². The first-order valence-electron chi connectivity index (χ1n) is 6.20. The number of nitrogens with one attached hydrogen (secondary N) is 1. The molecule has 0 fully saturated rings. The van der Waals surface area contributed by atoms with Crippen molar-refractivity contribution in [1.29, 1.82) is 0 Å². The molecule has 114 valence electrons. The van der Waals surface area contributed by atoms with E-state index < -0.39 is 23.4 Å². The molecule has 0 aliphatic rings. The van der Waals surface area contributed by atoms with E-state index in [0.29, 0.717) is 0 Å². The molecule has 2 amide bonds. The fraction of sp³-hybridized carbons (Fsp3) is 0.0667. The zero-order valence-corrected chi connectivity index (χ0v) is 12.0. The maximum Gasteiger partial charge on any atom is 0.251 e. The Morgan fingerprint density at radius 3 is 2.55 bits per heavy atom. The molecule has 2 rings (SSSR count). The van der Waals surface area contributed by atoms with Crippen LogP contribution in [0.2, 0.25) is 5.02 Å². The lowest BCUT2D eigenvalue weighted by molar-refractivity contribution is 0.0950. The molecule has 4 nitrogen and oxygen atoms in total. The van der Waals surface area contributed by atoms with Crippen LogP contribution in [0.25, 0.3) is 0 Å². The van der Waals surface area contributed by atoms with E-state index >= 15 is 0 Å². The van der Waals surface area contributed by atoms with Gasteiger partial charge in [0.2, 0.25) is 5.91 Å². The van der Waals surface area contributed by atoms with Crippen molar-refractivity contribution >= 4 is 23.4 Å². The molecule has 0 unspecified atom stereocenters. The molecule has 2 aromatic rings. The molecule has 0 bridgehead atoms. The van der Waals surface area contributed by atoms with Gasteiger partial charge < -0.3 is 11.1 Å². The van der Waals surface area contributed by atoms with E-state index in [9.17, 15) is 18.4 Å². The van der Waals surface area contributed by atoms with Crippen molar-refractivity contribution in [3.05, 3.63) is 69.7 Å². The Kier molecular flexibility index (Phi) is 4.72. The van der Waals surface area contributed by atoms with Gasteiger partial charge in [-0.25, -0.2) is 8.78 Å². The number of hydrogen-bond donors (Lipinski definition) is 2. The van der Waals surface area contributed by atoms with E-state index in [4.69, 9.17) is 17.3 Å². The van der Waals surface area contributed by atoms with E-state index in [1.54, 1.807) is 0 Å². The van der Waals surface area contributed by atoms with Crippen LogP contribution in [0, 0.1) is 11.6 Å². The van der Waals surface area contributed by atoms with Gasteiger partial charge in [0.1, 0.15) is 11.6 Å². The Bertz CT molecular complexity index is 750. The minimum atomic E-state index is -0.768. The monoisotopic (exact) mass is 324 g/mol. The number of halogens is 3. The zero-order chi connectivity index (χ0) is 16.3. The number of benzene rings is 2. The number of carbonyl (C=O) groups is 2. The summed E-state index contributed by atoms with van der Waals surface area (Å²) in [7, 11) is 0. The van der Waals surface area contributed by atoms with Crippen LogP contribution in [0.4, 0.5) is 8.78 Å². The van der Waals surface area contributed by atoms with Gasteiger partial charge in [0.15, 0.2) is 0 Å². The summed E-state index contributed by atoms with van der Waals surface area (Å²) in [6.45, 7) is -0.197. The van der Waals surface area contributed by atoms with E-state index in [1.165, 1.54) is 18.2 Å². The molecule has 0 saturated carbocycles. The highest BCUT2D eigenvalue weighted by molar-refractivity contribution is 6.34. The van der Waals surface area contributed by atoms with Crippen molar-refractivity contribution in [3.8, 4) is 0 Å². The average Bonchev–Trinajstić information content (AvgIpc) is 2.48. The fourth-order valence-electron chi connectivity index (χ4n) is 1.81. The van der Waals surface area contributed by atoms with E-state index in [-0.39, 0.29) is 28.3 Å². The summed E-state index contributed by atoms with van der Waals surface area (Å²) in [6, 6.07) is 6.95. The molecule has 0 aliphatic heterocycles. The highest BCUT2D eigenvalue weighted by Crippen LogP contribution is 2.17. The molecule has 2 aromatic carbocycles. The van der Waals surface area contributed by atoms with Gasteiger partial charge in [0, 0.05) is 17.7 Å². The van der Waals surface area contributed by atoms with Crippen LogP contribution < -0.4 is 11.1 Å². The SMILES string of the molecule is NC(=O)c1cc(C(=O)NCc2cc(F)ccc2F)ccc1Cl. The maximum absolute atomic E-state index is 13.4. The molecule has 0 saturated heterocycles. The second-order valence-corrected chi connectivity index (χ2v) is 4.88. The Hall–Kier alpha value is -2.47. The molecule has 0 atom stereocenters. The largest absolute Gasteiger partial charge is 0.366 e. The van der Waals surface area contributed by atoms with Gasteiger partial charge >= 0.3 is 0 Å². The van der Waals surface area contributed by atoms with Crippen LogP contribution >= 0.6 is 11.6 Å². The predicted octanol–water partition coefficient (Wildman–Crippen LogP) is 2.65. The molecule has 0 aliphatic carbocycles. The molecular formula is C15H11ClF2N2O2. The minimum Gasteiger partial charge on any atom is -0.366 e. The maximum atomic E-state index is 13.4. The van der Waals surface area contributed by atoms with Crippen LogP contribution in [0.15, 0.2) is 36.4 Å². The van der Waals surface area contributed by atoms with Crippen molar-refractivity contribution in [2.45, 2.75) is 6.54 Å². The first kappa shape index (κ1) is 15.9. The lowest BCUT2D eigenvalue weighted by Crippen LogP contribution is -2.24. The summed E-state index contributed by atoms with van der Waals surface area (Å²) in [4.78, 5) is 23.2. The fourth-order valence-corrected chi connectivity index (χ4v) is 2.02. The van der Waals surface area contributed by atoms with Gasteiger partial charge in [0.05, 0.1) is 10.6 Å². The van der Waals surface area contributed by atoms with E-state index in [0.717, 1.165) is 18.2 Å².